The molecule has 0 saturated carbocycles. The van der Waals surface area contributed by atoms with Crippen LogP contribution in [0.1, 0.15) is 28.7 Å². The summed E-state index contributed by atoms with van der Waals surface area (Å²) in [4.78, 5) is 37.8. The lowest BCUT2D eigenvalue weighted by molar-refractivity contribution is -0.114. The number of fused-ring (bicyclic) bond motifs is 3. The fourth-order valence-electron chi connectivity index (χ4n) is 4.51. The van der Waals surface area contributed by atoms with Gasteiger partial charge in [0.05, 0.1) is 34.5 Å². The molecule has 0 atom stereocenters. The van der Waals surface area contributed by atoms with Crippen LogP contribution >= 0.6 is 11.3 Å². The standard InChI is InChI=1S/C26H21FN8O2S/c1-14(36)30-26-32-19-7-6-17-22(15-4-3-9-28-11-15)33-35(23(17)24(19)38-26)20-8-5-16(10-18(20)27)31-25(37)21-12-29-13-34(21)2/h3-5,8-13H,6-7H2,1-2H3,(H,31,37)(H,30,32,36). The van der Waals surface area contributed by atoms with E-state index in [4.69, 9.17) is 5.10 Å². The Labute approximate surface area is 220 Å². The zero-order valence-electron chi connectivity index (χ0n) is 20.4. The summed E-state index contributed by atoms with van der Waals surface area (Å²) in [5.41, 5.74) is 4.91. The molecule has 0 aliphatic heterocycles. The van der Waals surface area contributed by atoms with Gasteiger partial charge in [0.15, 0.2) is 10.9 Å². The Morgan fingerprint density at radius 2 is 1.97 bits per heavy atom. The highest BCUT2D eigenvalue weighted by Gasteiger charge is 2.30. The molecule has 2 amide bonds. The van der Waals surface area contributed by atoms with Crippen LogP contribution in [0.25, 0.3) is 27.5 Å². The maximum Gasteiger partial charge on any atom is 0.273 e. The Balaban J connectivity index is 1.45. The summed E-state index contributed by atoms with van der Waals surface area (Å²) in [5, 5.41) is 10.8. The number of thiazole rings is 1. The number of pyridine rings is 1. The topological polar surface area (TPSA) is 120 Å². The van der Waals surface area contributed by atoms with Crippen LogP contribution in [-0.4, -0.2) is 41.1 Å². The minimum atomic E-state index is -0.561. The molecule has 4 aromatic heterocycles. The van der Waals surface area contributed by atoms with Gasteiger partial charge >= 0.3 is 0 Å². The van der Waals surface area contributed by atoms with E-state index in [2.05, 4.69) is 25.6 Å². The average Bonchev–Trinajstić information content (AvgIpc) is 3.60. The Bertz CT molecular complexity index is 1710. The maximum absolute atomic E-state index is 15.6. The van der Waals surface area contributed by atoms with Crippen molar-refractivity contribution in [2.75, 3.05) is 10.6 Å². The van der Waals surface area contributed by atoms with Crippen molar-refractivity contribution >= 4 is 34.0 Å². The summed E-state index contributed by atoms with van der Waals surface area (Å²) in [6.45, 7) is 1.43. The van der Waals surface area contributed by atoms with Gasteiger partial charge in [-0.05, 0) is 43.2 Å². The zero-order chi connectivity index (χ0) is 26.4. The number of carbonyl (C=O) groups is 2. The fraction of sp³-hybridized carbons (Fsp3) is 0.154. The first-order valence-corrected chi connectivity index (χ1v) is 12.6. The number of halogens is 1. The monoisotopic (exact) mass is 528 g/mol. The summed E-state index contributed by atoms with van der Waals surface area (Å²) in [6, 6.07) is 8.22. The normalized spacial score (nSPS) is 12.1. The van der Waals surface area contributed by atoms with Crippen molar-refractivity contribution in [1.29, 1.82) is 0 Å². The van der Waals surface area contributed by atoms with E-state index in [-0.39, 0.29) is 11.6 Å². The largest absolute Gasteiger partial charge is 0.330 e. The van der Waals surface area contributed by atoms with Crippen molar-refractivity contribution in [1.82, 2.24) is 29.3 Å². The Morgan fingerprint density at radius 3 is 2.68 bits per heavy atom. The van der Waals surface area contributed by atoms with Crippen LogP contribution in [0.5, 0.6) is 0 Å². The predicted molar refractivity (Wildman–Crippen MR) is 141 cm³/mol. The SMILES string of the molecule is CC(=O)Nc1nc2c(s1)-c1c(c(-c3cccnc3)nn1-c1ccc(NC(=O)c3cncn3C)cc1F)CC2. The van der Waals surface area contributed by atoms with Crippen LogP contribution in [-0.2, 0) is 24.7 Å². The number of benzene rings is 1. The molecule has 0 bridgehead atoms. The van der Waals surface area contributed by atoms with Crippen molar-refractivity contribution in [2.24, 2.45) is 7.05 Å². The number of aryl methyl sites for hydroxylation is 2. The second kappa shape index (κ2) is 9.30. The zero-order valence-corrected chi connectivity index (χ0v) is 21.2. The average molecular weight is 529 g/mol. The van der Waals surface area contributed by atoms with Gasteiger partial charge in [0.2, 0.25) is 5.91 Å². The van der Waals surface area contributed by atoms with Crippen molar-refractivity contribution in [2.45, 2.75) is 19.8 Å². The Morgan fingerprint density at radius 1 is 1.11 bits per heavy atom. The van der Waals surface area contributed by atoms with Gasteiger partial charge in [0.25, 0.3) is 5.91 Å². The second-order valence-electron chi connectivity index (χ2n) is 8.82. The van der Waals surface area contributed by atoms with Crippen molar-refractivity contribution in [3.05, 3.63) is 78.0 Å². The highest BCUT2D eigenvalue weighted by molar-refractivity contribution is 7.19. The number of imidazole rings is 1. The third-order valence-corrected chi connectivity index (χ3v) is 7.23. The molecule has 2 N–H and O–H groups in total. The van der Waals surface area contributed by atoms with E-state index in [1.807, 2.05) is 12.1 Å². The number of carbonyl (C=O) groups excluding carboxylic acids is 2. The van der Waals surface area contributed by atoms with Gasteiger partial charge < -0.3 is 15.2 Å². The minimum Gasteiger partial charge on any atom is -0.330 e. The summed E-state index contributed by atoms with van der Waals surface area (Å²) in [7, 11) is 1.71. The van der Waals surface area contributed by atoms with Crippen molar-refractivity contribution in [3.8, 4) is 27.5 Å². The lowest BCUT2D eigenvalue weighted by Gasteiger charge is -2.15. The van der Waals surface area contributed by atoms with Crippen LogP contribution in [0.3, 0.4) is 0 Å². The van der Waals surface area contributed by atoms with E-state index in [9.17, 15) is 9.59 Å². The van der Waals surface area contributed by atoms with Crippen LogP contribution in [0.15, 0.2) is 55.2 Å². The molecular weight excluding hydrogens is 507 g/mol. The highest BCUT2D eigenvalue weighted by atomic mass is 32.1. The summed E-state index contributed by atoms with van der Waals surface area (Å²) in [6.07, 6.45) is 7.69. The molecule has 4 heterocycles. The predicted octanol–water partition coefficient (Wildman–Crippen LogP) is 4.24. The molecule has 0 fully saturated rings. The van der Waals surface area contributed by atoms with E-state index in [1.54, 1.807) is 40.8 Å². The lowest BCUT2D eigenvalue weighted by Crippen LogP contribution is -2.15. The van der Waals surface area contributed by atoms with Crippen LogP contribution in [0.2, 0.25) is 0 Å². The molecule has 10 nitrogen and oxygen atoms in total. The second-order valence-corrected chi connectivity index (χ2v) is 9.81. The maximum atomic E-state index is 15.6. The van der Waals surface area contributed by atoms with Gasteiger partial charge in [-0.2, -0.15) is 5.10 Å². The smallest absolute Gasteiger partial charge is 0.273 e. The number of aromatic nitrogens is 6. The lowest BCUT2D eigenvalue weighted by atomic mass is 9.95. The van der Waals surface area contributed by atoms with Gasteiger partial charge in [-0.25, -0.2) is 19.0 Å². The van der Waals surface area contributed by atoms with E-state index in [0.29, 0.717) is 35.0 Å². The van der Waals surface area contributed by atoms with Crippen molar-refractivity contribution in [3.63, 3.8) is 0 Å². The molecule has 0 saturated heterocycles. The third-order valence-electron chi connectivity index (χ3n) is 6.21. The van der Waals surface area contributed by atoms with Crippen molar-refractivity contribution < 1.29 is 14.0 Å². The number of hydrogen-bond donors (Lipinski definition) is 2. The summed E-state index contributed by atoms with van der Waals surface area (Å²) >= 11 is 1.33. The fourth-order valence-corrected chi connectivity index (χ4v) is 5.63. The molecule has 1 aromatic carbocycles. The summed E-state index contributed by atoms with van der Waals surface area (Å²) in [5.74, 6) is -1.17. The molecule has 12 heteroatoms. The van der Waals surface area contributed by atoms with Gasteiger partial charge in [0, 0.05) is 43.2 Å². The number of nitrogens with one attached hydrogen (secondary N) is 2. The first-order valence-electron chi connectivity index (χ1n) is 11.8. The minimum absolute atomic E-state index is 0.212. The molecule has 190 valence electrons. The number of anilines is 2. The molecule has 0 radical (unpaired) electrons. The van der Waals surface area contributed by atoms with Gasteiger partial charge in [0.1, 0.15) is 11.4 Å². The number of nitrogens with zero attached hydrogens (tertiary/aromatic N) is 6. The van der Waals surface area contributed by atoms with E-state index < -0.39 is 11.7 Å². The molecule has 5 aromatic rings. The third kappa shape index (κ3) is 4.14. The number of amides is 2. The molecule has 0 unspecified atom stereocenters. The van der Waals surface area contributed by atoms with Gasteiger partial charge in [-0.3, -0.25) is 14.6 Å². The molecule has 0 spiro atoms. The summed E-state index contributed by atoms with van der Waals surface area (Å²) < 4.78 is 18.8. The molecule has 1 aliphatic rings. The van der Waals surface area contributed by atoms with Gasteiger partial charge in [-0.1, -0.05) is 11.3 Å². The number of hydrogen-bond acceptors (Lipinski definition) is 7. The first-order chi connectivity index (χ1) is 18.4. The Kier molecular flexibility index (Phi) is 5.80. The van der Waals surface area contributed by atoms with E-state index in [0.717, 1.165) is 27.4 Å². The quantitative estimate of drug-likeness (QED) is 0.352. The molecule has 1 aliphatic carbocycles. The first kappa shape index (κ1) is 23.7. The molecule has 6 rings (SSSR count). The van der Waals surface area contributed by atoms with Crippen LogP contribution < -0.4 is 10.6 Å². The van der Waals surface area contributed by atoms with E-state index in [1.165, 1.54) is 36.9 Å². The van der Waals surface area contributed by atoms with Gasteiger partial charge in [-0.15, -0.1) is 0 Å². The molecular formula is C26H21FN8O2S. The van der Waals surface area contributed by atoms with Crippen LogP contribution in [0, 0.1) is 5.82 Å². The number of rotatable bonds is 5. The van der Waals surface area contributed by atoms with Crippen LogP contribution in [0.4, 0.5) is 15.2 Å². The molecule has 38 heavy (non-hydrogen) atoms. The van der Waals surface area contributed by atoms with E-state index >= 15 is 4.39 Å². The highest BCUT2D eigenvalue weighted by Crippen LogP contribution is 2.44. The Hall–Kier alpha value is -4.71.